The van der Waals surface area contributed by atoms with Crippen LogP contribution in [0.1, 0.15) is 17.0 Å². The normalized spacial score (nSPS) is 19.2. The minimum Gasteiger partial charge on any atom is -0.395 e. The Kier molecular flexibility index (Phi) is 4.75. The largest absolute Gasteiger partial charge is 0.395 e. The van der Waals surface area contributed by atoms with Crippen LogP contribution >= 0.6 is 0 Å². The Hall–Kier alpha value is -1.76. The summed E-state index contributed by atoms with van der Waals surface area (Å²) < 4.78 is 21.0. The second-order valence-electron chi connectivity index (χ2n) is 5.99. The van der Waals surface area contributed by atoms with E-state index in [1.54, 1.807) is 12.1 Å². The molecule has 0 bridgehead atoms. The van der Waals surface area contributed by atoms with Crippen molar-refractivity contribution in [2.24, 2.45) is 0 Å². The molecule has 5 nitrogen and oxygen atoms in total. The quantitative estimate of drug-likeness (QED) is 0.934. The summed E-state index contributed by atoms with van der Waals surface area (Å²) in [4.78, 5) is 2.13. The Labute approximate surface area is 135 Å². The zero-order valence-electron chi connectivity index (χ0n) is 13.5. The van der Waals surface area contributed by atoms with Crippen LogP contribution in [0.15, 0.2) is 24.3 Å². The maximum Gasteiger partial charge on any atom is 0.123 e. The molecule has 0 saturated carbocycles. The smallest absolute Gasteiger partial charge is 0.123 e. The molecule has 1 aliphatic heterocycles. The highest BCUT2D eigenvalue weighted by Crippen LogP contribution is 2.22. The number of aromatic nitrogens is 2. The van der Waals surface area contributed by atoms with E-state index in [-0.39, 0.29) is 18.5 Å². The molecular formula is C17H22FN3O2. The Morgan fingerprint density at radius 2 is 2.17 bits per heavy atom. The van der Waals surface area contributed by atoms with Crippen LogP contribution in [0.5, 0.6) is 0 Å². The molecule has 0 unspecified atom stereocenters. The summed E-state index contributed by atoms with van der Waals surface area (Å²) in [5.41, 5.74) is 3.67. The molecule has 0 radical (unpaired) electrons. The topological polar surface area (TPSA) is 50.5 Å². The summed E-state index contributed by atoms with van der Waals surface area (Å²) in [6, 6.07) is 6.71. The molecule has 0 spiro atoms. The predicted molar refractivity (Wildman–Crippen MR) is 85.1 cm³/mol. The summed E-state index contributed by atoms with van der Waals surface area (Å²) in [7, 11) is 0. The number of halogens is 1. The van der Waals surface area contributed by atoms with Crippen molar-refractivity contribution in [1.82, 2.24) is 14.7 Å². The monoisotopic (exact) mass is 319 g/mol. The van der Waals surface area contributed by atoms with Crippen LogP contribution in [0.2, 0.25) is 0 Å². The summed E-state index contributed by atoms with van der Waals surface area (Å²) in [5, 5.41) is 14.0. The number of morpholine rings is 1. The van der Waals surface area contributed by atoms with Gasteiger partial charge in [-0.3, -0.25) is 4.90 Å². The first-order valence-corrected chi connectivity index (χ1v) is 7.83. The van der Waals surface area contributed by atoms with Crippen molar-refractivity contribution in [3.63, 3.8) is 0 Å². The van der Waals surface area contributed by atoms with E-state index >= 15 is 0 Å². The Balaban J connectivity index is 1.95. The van der Waals surface area contributed by atoms with Gasteiger partial charge < -0.3 is 9.84 Å². The molecule has 1 atom stereocenters. The molecule has 2 aromatic rings. The molecule has 0 amide bonds. The van der Waals surface area contributed by atoms with Gasteiger partial charge in [0.1, 0.15) is 5.82 Å². The number of aliphatic hydroxyl groups is 1. The molecule has 2 heterocycles. The first-order chi connectivity index (χ1) is 11.1. The van der Waals surface area contributed by atoms with E-state index in [9.17, 15) is 9.50 Å². The predicted octanol–water partition coefficient (Wildman–Crippen LogP) is 1.82. The molecule has 3 rings (SSSR count). The number of rotatable bonds is 4. The molecule has 1 aromatic heterocycles. The van der Waals surface area contributed by atoms with E-state index in [4.69, 9.17) is 4.74 Å². The number of benzene rings is 1. The highest BCUT2D eigenvalue weighted by molar-refractivity contribution is 5.42. The standard InChI is InChI=1S/C17H22FN3O2/c1-12-7-13(2)21(19-12)17-4-3-15(18)8-14(17)9-20-5-6-23-11-16(20)10-22/h3-4,7-8,16,22H,5-6,9-11H2,1-2H3/t16-/m1/s1. The van der Waals surface area contributed by atoms with Gasteiger partial charge in [0.25, 0.3) is 0 Å². The molecular weight excluding hydrogens is 297 g/mol. The number of ether oxygens (including phenoxy) is 1. The van der Waals surface area contributed by atoms with Crippen molar-refractivity contribution in [3.05, 3.63) is 47.0 Å². The zero-order valence-corrected chi connectivity index (χ0v) is 13.5. The van der Waals surface area contributed by atoms with Gasteiger partial charge in [-0.1, -0.05) is 0 Å². The van der Waals surface area contributed by atoms with Crippen molar-refractivity contribution in [3.8, 4) is 5.69 Å². The maximum absolute atomic E-state index is 13.8. The van der Waals surface area contributed by atoms with E-state index < -0.39 is 0 Å². The van der Waals surface area contributed by atoms with Crippen LogP contribution in [0, 0.1) is 19.7 Å². The highest BCUT2D eigenvalue weighted by atomic mass is 19.1. The van der Waals surface area contributed by atoms with Gasteiger partial charge in [0.2, 0.25) is 0 Å². The molecule has 1 aliphatic rings. The number of hydrogen-bond acceptors (Lipinski definition) is 4. The summed E-state index contributed by atoms with van der Waals surface area (Å²) in [6.45, 7) is 6.36. The summed E-state index contributed by atoms with van der Waals surface area (Å²) in [5.74, 6) is -0.265. The first kappa shape index (κ1) is 16.1. The fraction of sp³-hybridized carbons (Fsp3) is 0.471. The molecule has 1 N–H and O–H groups in total. The molecule has 23 heavy (non-hydrogen) atoms. The minimum absolute atomic E-state index is 0.0323. The van der Waals surface area contributed by atoms with Crippen LogP contribution in [0.4, 0.5) is 4.39 Å². The van der Waals surface area contributed by atoms with Gasteiger partial charge >= 0.3 is 0 Å². The Morgan fingerprint density at radius 3 is 2.87 bits per heavy atom. The second kappa shape index (κ2) is 6.78. The van der Waals surface area contributed by atoms with Crippen LogP contribution in [-0.2, 0) is 11.3 Å². The number of hydrogen-bond donors (Lipinski definition) is 1. The van der Waals surface area contributed by atoms with E-state index in [1.807, 2.05) is 24.6 Å². The van der Waals surface area contributed by atoms with Crippen LogP contribution in [0.3, 0.4) is 0 Å². The van der Waals surface area contributed by atoms with Gasteiger partial charge in [0.15, 0.2) is 0 Å². The summed E-state index contributed by atoms with van der Waals surface area (Å²) >= 11 is 0. The third-order valence-electron chi connectivity index (χ3n) is 4.21. The average molecular weight is 319 g/mol. The van der Waals surface area contributed by atoms with Crippen molar-refractivity contribution < 1.29 is 14.2 Å². The minimum atomic E-state index is -0.265. The van der Waals surface area contributed by atoms with Crippen LogP contribution in [-0.4, -0.2) is 52.2 Å². The number of aryl methyl sites for hydroxylation is 2. The lowest BCUT2D eigenvalue weighted by molar-refractivity contribution is -0.0313. The van der Waals surface area contributed by atoms with Crippen molar-refractivity contribution >= 4 is 0 Å². The third kappa shape index (κ3) is 3.44. The number of nitrogens with zero attached hydrogens (tertiary/aromatic N) is 3. The SMILES string of the molecule is Cc1cc(C)n(-c2ccc(F)cc2CN2CCOC[C@H]2CO)n1. The molecule has 0 aliphatic carbocycles. The molecule has 124 valence electrons. The van der Waals surface area contributed by atoms with E-state index in [2.05, 4.69) is 10.00 Å². The fourth-order valence-electron chi connectivity index (χ4n) is 3.04. The third-order valence-corrected chi connectivity index (χ3v) is 4.21. The highest BCUT2D eigenvalue weighted by Gasteiger charge is 2.23. The fourth-order valence-corrected chi connectivity index (χ4v) is 3.04. The average Bonchev–Trinajstić information content (AvgIpc) is 2.86. The van der Waals surface area contributed by atoms with Gasteiger partial charge in [0, 0.05) is 18.8 Å². The molecule has 6 heteroatoms. The Morgan fingerprint density at radius 1 is 1.35 bits per heavy atom. The van der Waals surface area contributed by atoms with Crippen molar-refractivity contribution in [1.29, 1.82) is 0 Å². The summed E-state index contributed by atoms with van der Waals surface area (Å²) in [6.07, 6.45) is 0. The van der Waals surface area contributed by atoms with Gasteiger partial charge in [-0.25, -0.2) is 9.07 Å². The van der Waals surface area contributed by atoms with Gasteiger partial charge in [-0.05, 0) is 43.7 Å². The number of aliphatic hydroxyl groups excluding tert-OH is 1. The molecule has 1 saturated heterocycles. The van der Waals surface area contributed by atoms with Gasteiger partial charge in [0.05, 0.1) is 37.2 Å². The van der Waals surface area contributed by atoms with Crippen LogP contribution < -0.4 is 0 Å². The Bertz CT molecular complexity index is 686. The lowest BCUT2D eigenvalue weighted by Crippen LogP contribution is -2.47. The van der Waals surface area contributed by atoms with Gasteiger partial charge in [-0.2, -0.15) is 5.10 Å². The maximum atomic E-state index is 13.8. The molecule has 1 aromatic carbocycles. The van der Waals surface area contributed by atoms with E-state index in [1.165, 1.54) is 6.07 Å². The zero-order chi connectivity index (χ0) is 16.4. The van der Waals surface area contributed by atoms with Crippen molar-refractivity contribution in [2.45, 2.75) is 26.4 Å². The lowest BCUT2D eigenvalue weighted by Gasteiger charge is -2.34. The second-order valence-corrected chi connectivity index (χ2v) is 5.99. The van der Waals surface area contributed by atoms with E-state index in [0.717, 1.165) is 29.2 Å². The van der Waals surface area contributed by atoms with Crippen molar-refractivity contribution in [2.75, 3.05) is 26.4 Å². The first-order valence-electron chi connectivity index (χ1n) is 7.83. The lowest BCUT2D eigenvalue weighted by atomic mass is 10.1. The van der Waals surface area contributed by atoms with Gasteiger partial charge in [-0.15, -0.1) is 0 Å². The molecule has 1 fully saturated rings. The van der Waals surface area contributed by atoms with Crippen LogP contribution in [0.25, 0.3) is 5.69 Å². The van der Waals surface area contributed by atoms with E-state index in [0.29, 0.717) is 19.8 Å².